The molecule has 1 nitrogen and oxygen atoms in total. The van der Waals surface area contributed by atoms with Gasteiger partial charge >= 0.3 is 0 Å². The first-order valence-electron chi connectivity index (χ1n) is 5.60. The molecule has 1 saturated carbocycles. The van der Waals surface area contributed by atoms with Gasteiger partial charge in [-0.05, 0) is 31.9 Å². The first-order chi connectivity index (χ1) is 6.31. The van der Waals surface area contributed by atoms with Gasteiger partial charge in [0.05, 0.1) is 0 Å². The summed E-state index contributed by atoms with van der Waals surface area (Å²) >= 11 is 2.04. The lowest BCUT2D eigenvalue weighted by atomic mass is 10.1. The topological polar surface area (TPSA) is 12.0 Å². The SMILES string of the molecule is CCC(CC)NC1CCCC1SC. The van der Waals surface area contributed by atoms with Gasteiger partial charge in [-0.25, -0.2) is 0 Å². The van der Waals surface area contributed by atoms with Crippen LogP contribution in [0.15, 0.2) is 0 Å². The maximum atomic E-state index is 3.80. The molecule has 0 saturated heterocycles. The van der Waals surface area contributed by atoms with Crippen LogP contribution in [0.1, 0.15) is 46.0 Å². The van der Waals surface area contributed by atoms with Crippen LogP contribution in [0.2, 0.25) is 0 Å². The molecule has 13 heavy (non-hydrogen) atoms. The molecule has 0 aromatic rings. The molecule has 1 fully saturated rings. The summed E-state index contributed by atoms with van der Waals surface area (Å²) in [6, 6.07) is 1.54. The Morgan fingerprint density at radius 1 is 1.31 bits per heavy atom. The average Bonchev–Trinajstić information content (AvgIpc) is 2.61. The Morgan fingerprint density at radius 2 is 2.00 bits per heavy atom. The van der Waals surface area contributed by atoms with Crippen molar-refractivity contribution in [2.45, 2.75) is 63.3 Å². The summed E-state index contributed by atoms with van der Waals surface area (Å²) in [6.07, 6.45) is 9.02. The first kappa shape index (κ1) is 11.4. The Balaban J connectivity index is 2.33. The van der Waals surface area contributed by atoms with Gasteiger partial charge in [0.15, 0.2) is 0 Å². The summed E-state index contributed by atoms with van der Waals surface area (Å²) < 4.78 is 0. The lowest BCUT2D eigenvalue weighted by Gasteiger charge is -2.24. The monoisotopic (exact) mass is 201 g/mol. The summed E-state index contributed by atoms with van der Waals surface area (Å²) in [7, 11) is 0. The molecule has 0 radical (unpaired) electrons. The van der Waals surface area contributed by atoms with Crippen molar-refractivity contribution in [2.24, 2.45) is 0 Å². The molecule has 1 N–H and O–H groups in total. The minimum atomic E-state index is 0.748. The fraction of sp³-hybridized carbons (Fsp3) is 1.00. The number of hydrogen-bond acceptors (Lipinski definition) is 2. The molecule has 1 aliphatic rings. The van der Waals surface area contributed by atoms with Crippen molar-refractivity contribution < 1.29 is 0 Å². The maximum absolute atomic E-state index is 3.80. The van der Waals surface area contributed by atoms with Crippen LogP contribution < -0.4 is 5.32 Å². The molecule has 0 aromatic carbocycles. The van der Waals surface area contributed by atoms with Gasteiger partial charge in [-0.2, -0.15) is 11.8 Å². The summed E-state index contributed by atoms with van der Waals surface area (Å²) in [5.41, 5.74) is 0. The molecule has 2 atom stereocenters. The van der Waals surface area contributed by atoms with Crippen LogP contribution in [-0.2, 0) is 0 Å². The fourth-order valence-corrected chi connectivity index (χ4v) is 3.17. The van der Waals surface area contributed by atoms with Gasteiger partial charge in [0.25, 0.3) is 0 Å². The van der Waals surface area contributed by atoms with E-state index in [0.717, 1.165) is 17.3 Å². The predicted molar refractivity (Wildman–Crippen MR) is 62.4 cm³/mol. The highest BCUT2D eigenvalue weighted by molar-refractivity contribution is 7.99. The Labute approximate surface area is 87.1 Å². The third-order valence-corrected chi connectivity index (χ3v) is 4.36. The molecule has 1 rings (SSSR count). The number of thioether (sulfide) groups is 1. The van der Waals surface area contributed by atoms with Gasteiger partial charge in [-0.1, -0.05) is 20.3 Å². The summed E-state index contributed by atoms with van der Waals surface area (Å²) in [5.74, 6) is 0. The van der Waals surface area contributed by atoms with Crippen LogP contribution in [0, 0.1) is 0 Å². The molecule has 2 unspecified atom stereocenters. The van der Waals surface area contributed by atoms with E-state index in [1.54, 1.807) is 0 Å². The predicted octanol–water partition coefficient (Wildman–Crippen LogP) is 3.05. The van der Waals surface area contributed by atoms with E-state index in [1.807, 2.05) is 11.8 Å². The van der Waals surface area contributed by atoms with Crippen LogP contribution in [0.5, 0.6) is 0 Å². The van der Waals surface area contributed by atoms with Gasteiger partial charge < -0.3 is 5.32 Å². The molecular weight excluding hydrogens is 178 g/mol. The molecule has 0 spiro atoms. The molecule has 0 aromatic heterocycles. The van der Waals surface area contributed by atoms with Crippen LogP contribution in [0.25, 0.3) is 0 Å². The second kappa shape index (κ2) is 5.92. The summed E-state index contributed by atoms with van der Waals surface area (Å²) in [4.78, 5) is 0. The number of nitrogens with one attached hydrogen (secondary N) is 1. The van der Waals surface area contributed by atoms with Gasteiger partial charge in [0.1, 0.15) is 0 Å². The minimum Gasteiger partial charge on any atom is -0.310 e. The lowest BCUT2D eigenvalue weighted by Crippen LogP contribution is -2.40. The molecule has 0 amide bonds. The average molecular weight is 201 g/mol. The molecule has 0 bridgehead atoms. The van der Waals surface area contributed by atoms with E-state index in [9.17, 15) is 0 Å². The van der Waals surface area contributed by atoms with Crippen molar-refractivity contribution in [2.75, 3.05) is 6.26 Å². The van der Waals surface area contributed by atoms with Gasteiger partial charge in [-0.15, -0.1) is 0 Å². The quantitative estimate of drug-likeness (QED) is 0.734. The molecule has 78 valence electrons. The molecular formula is C11H23NS. The maximum Gasteiger partial charge on any atom is 0.0198 e. The zero-order valence-electron chi connectivity index (χ0n) is 9.18. The first-order valence-corrected chi connectivity index (χ1v) is 6.89. The fourth-order valence-electron chi connectivity index (χ4n) is 2.23. The van der Waals surface area contributed by atoms with E-state index in [-0.39, 0.29) is 0 Å². The highest BCUT2D eigenvalue weighted by atomic mass is 32.2. The third-order valence-electron chi connectivity index (χ3n) is 3.19. The molecule has 0 heterocycles. The highest BCUT2D eigenvalue weighted by Crippen LogP contribution is 2.28. The van der Waals surface area contributed by atoms with E-state index in [4.69, 9.17) is 0 Å². The van der Waals surface area contributed by atoms with Gasteiger partial charge in [-0.3, -0.25) is 0 Å². The van der Waals surface area contributed by atoms with Gasteiger partial charge in [0.2, 0.25) is 0 Å². The van der Waals surface area contributed by atoms with Crippen molar-refractivity contribution in [3.63, 3.8) is 0 Å². The highest BCUT2D eigenvalue weighted by Gasteiger charge is 2.27. The van der Waals surface area contributed by atoms with Crippen LogP contribution in [-0.4, -0.2) is 23.6 Å². The Hall–Kier alpha value is 0.310. The number of hydrogen-bond donors (Lipinski definition) is 1. The van der Waals surface area contributed by atoms with E-state index < -0.39 is 0 Å². The second-order valence-corrected chi connectivity index (χ2v) is 5.07. The lowest BCUT2D eigenvalue weighted by molar-refractivity contribution is 0.415. The van der Waals surface area contributed by atoms with Crippen molar-refractivity contribution in [3.8, 4) is 0 Å². The largest absolute Gasteiger partial charge is 0.310 e. The third kappa shape index (κ3) is 3.17. The van der Waals surface area contributed by atoms with E-state index in [0.29, 0.717) is 0 Å². The smallest absolute Gasteiger partial charge is 0.0198 e. The molecule has 2 heteroatoms. The zero-order chi connectivity index (χ0) is 9.68. The number of rotatable bonds is 5. The van der Waals surface area contributed by atoms with Crippen molar-refractivity contribution in [1.29, 1.82) is 0 Å². The molecule has 0 aliphatic heterocycles. The van der Waals surface area contributed by atoms with Crippen LogP contribution in [0.4, 0.5) is 0 Å². The van der Waals surface area contributed by atoms with E-state index >= 15 is 0 Å². The summed E-state index contributed by atoms with van der Waals surface area (Å²) in [6.45, 7) is 4.56. The molecule has 1 aliphatic carbocycles. The van der Waals surface area contributed by atoms with E-state index in [1.165, 1.54) is 32.1 Å². The minimum absolute atomic E-state index is 0.748. The van der Waals surface area contributed by atoms with Crippen LogP contribution in [0.3, 0.4) is 0 Å². The van der Waals surface area contributed by atoms with E-state index in [2.05, 4.69) is 25.4 Å². The second-order valence-electron chi connectivity index (χ2n) is 3.99. The zero-order valence-corrected chi connectivity index (χ0v) is 9.99. The summed E-state index contributed by atoms with van der Waals surface area (Å²) in [5, 5.41) is 4.67. The Kier molecular flexibility index (Phi) is 5.18. The Bertz CT molecular complexity index is 134. The van der Waals surface area contributed by atoms with Crippen LogP contribution >= 0.6 is 11.8 Å². The van der Waals surface area contributed by atoms with Crippen molar-refractivity contribution in [1.82, 2.24) is 5.32 Å². The van der Waals surface area contributed by atoms with Crippen molar-refractivity contribution >= 4 is 11.8 Å². The normalized spacial score (nSPS) is 28.6. The van der Waals surface area contributed by atoms with Crippen molar-refractivity contribution in [3.05, 3.63) is 0 Å². The standard InChI is InChI=1S/C11H23NS/c1-4-9(5-2)12-10-7-6-8-11(10)13-3/h9-12H,4-8H2,1-3H3. The Morgan fingerprint density at radius 3 is 2.54 bits per heavy atom. The van der Waals surface area contributed by atoms with Gasteiger partial charge in [0, 0.05) is 17.3 Å².